The number of fused-ring (bicyclic) bond motifs is 6. The van der Waals surface area contributed by atoms with Crippen LogP contribution < -0.4 is 5.32 Å². The summed E-state index contributed by atoms with van der Waals surface area (Å²) in [6, 6.07) is 10.0. The molecule has 10 heteroatoms. The van der Waals surface area contributed by atoms with Crippen LogP contribution in [0.4, 0.5) is 9.59 Å². The van der Waals surface area contributed by atoms with Crippen LogP contribution in [0.3, 0.4) is 0 Å². The summed E-state index contributed by atoms with van der Waals surface area (Å²) in [5.41, 5.74) is -1.05. The first-order chi connectivity index (χ1) is 21.9. The van der Waals surface area contributed by atoms with Crippen LogP contribution in [-0.2, 0) is 35.1 Å². The lowest BCUT2D eigenvalue weighted by atomic mass is 9.56. The van der Waals surface area contributed by atoms with E-state index in [0.29, 0.717) is 6.54 Å². The summed E-state index contributed by atoms with van der Waals surface area (Å²) >= 11 is 0. The molecule has 2 amide bonds. The molecule has 6 aliphatic rings. The number of hydrogen-bond donors (Lipinski definition) is 1. The SMILES string of the molecule is COC(=O)C12CCC(N(Cc3ccccc3)C(=O)OC(C)(C)C)(CC1)CC2.COC(=O)C12CCC(NC(=O)OC(C)(C)C)(CC1)CC2. The molecule has 0 aromatic heterocycles. The van der Waals surface area contributed by atoms with E-state index in [2.05, 4.69) is 5.32 Å². The van der Waals surface area contributed by atoms with Crippen molar-refractivity contribution >= 4 is 24.1 Å². The van der Waals surface area contributed by atoms with Gasteiger partial charge in [0.15, 0.2) is 0 Å². The van der Waals surface area contributed by atoms with Crippen LogP contribution in [0.1, 0.15) is 124 Å². The number of carbonyl (C=O) groups is 4. The average molecular weight is 657 g/mol. The molecule has 4 bridgehead atoms. The zero-order valence-corrected chi connectivity index (χ0v) is 29.8. The van der Waals surface area contributed by atoms with Crippen molar-refractivity contribution < 1.29 is 38.1 Å². The number of methoxy groups -OCH3 is 2. The Morgan fingerprint density at radius 1 is 0.660 bits per heavy atom. The van der Waals surface area contributed by atoms with Gasteiger partial charge in [-0.1, -0.05) is 30.3 Å². The molecule has 1 N–H and O–H groups in total. The monoisotopic (exact) mass is 656 g/mol. The van der Waals surface area contributed by atoms with Crippen LogP contribution in [0.5, 0.6) is 0 Å². The third-order valence-electron chi connectivity index (χ3n) is 10.8. The van der Waals surface area contributed by atoms with Crippen LogP contribution in [-0.4, -0.2) is 65.5 Å². The summed E-state index contributed by atoms with van der Waals surface area (Å²) in [6.45, 7) is 11.8. The van der Waals surface area contributed by atoms with Crippen molar-refractivity contribution in [2.75, 3.05) is 14.2 Å². The number of hydrogen-bond acceptors (Lipinski definition) is 8. The second-order valence-electron chi connectivity index (χ2n) is 16.2. The average Bonchev–Trinajstić information content (AvgIpc) is 3.03. The van der Waals surface area contributed by atoms with Gasteiger partial charge in [-0.3, -0.25) is 14.5 Å². The summed E-state index contributed by atoms with van der Waals surface area (Å²) in [5.74, 6) is -0.189. The molecule has 0 heterocycles. The zero-order valence-electron chi connectivity index (χ0n) is 29.8. The normalized spacial score (nSPS) is 29.4. The van der Waals surface area contributed by atoms with Crippen LogP contribution in [0.15, 0.2) is 30.3 Å². The predicted octanol–water partition coefficient (Wildman–Crippen LogP) is 7.47. The van der Waals surface area contributed by atoms with Gasteiger partial charge in [0.25, 0.3) is 0 Å². The zero-order chi connectivity index (χ0) is 34.7. The highest BCUT2D eigenvalue weighted by Gasteiger charge is 2.57. The maximum atomic E-state index is 13.1. The summed E-state index contributed by atoms with van der Waals surface area (Å²) < 4.78 is 21.1. The molecule has 6 saturated carbocycles. The van der Waals surface area contributed by atoms with Crippen molar-refractivity contribution in [2.45, 2.75) is 147 Å². The van der Waals surface area contributed by atoms with Crippen molar-refractivity contribution in [1.29, 1.82) is 0 Å². The number of nitrogens with one attached hydrogen (secondary N) is 1. The third-order valence-corrected chi connectivity index (χ3v) is 10.8. The van der Waals surface area contributed by atoms with Crippen LogP contribution >= 0.6 is 0 Å². The highest BCUT2D eigenvalue weighted by molar-refractivity contribution is 5.78. The van der Waals surface area contributed by atoms with Crippen LogP contribution in [0.2, 0.25) is 0 Å². The second-order valence-corrected chi connectivity index (χ2v) is 16.2. The van der Waals surface area contributed by atoms with E-state index >= 15 is 0 Å². The Balaban J connectivity index is 0.000000223. The molecule has 7 rings (SSSR count). The lowest BCUT2D eigenvalue weighted by Gasteiger charge is -2.56. The van der Waals surface area contributed by atoms with Crippen molar-refractivity contribution in [3.8, 4) is 0 Å². The van der Waals surface area contributed by atoms with Gasteiger partial charge >= 0.3 is 24.1 Å². The topological polar surface area (TPSA) is 120 Å². The number of amides is 2. The molecule has 6 fully saturated rings. The van der Waals surface area contributed by atoms with E-state index in [0.717, 1.165) is 82.6 Å². The van der Waals surface area contributed by atoms with Gasteiger partial charge in [0.1, 0.15) is 11.2 Å². The molecule has 0 aliphatic heterocycles. The Hall–Kier alpha value is -3.30. The lowest BCUT2D eigenvalue weighted by molar-refractivity contribution is -0.164. The first-order valence-corrected chi connectivity index (χ1v) is 17.1. The molecular formula is C37H56N2O8. The molecule has 10 nitrogen and oxygen atoms in total. The Bertz CT molecular complexity index is 1250. The molecule has 0 radical (unpaired) electrons. The number of nitrogens with zero attached hydrogens (tertiary/aromatic N) is 1. The minimum atomic E-state index is -0.540. The van der Waals surface area contributed by atoms with Gasteiger partial charge in [-0.15, -0.1) is 0 Å². The van der Waals surface area contributed by atoms with E-state index in [9.17, 15) is 19.2 Å². The molecule has 47 heavy (non-hydrogen) atoms. The molecule has 1 aromatic carbocycles. The molecule has 0 atom stereocenters. The maximum Gasteiger partial charge on any atom is 0.411 e. The maximum absolute atomic E-state index is 13.1. The first-order valence-electron chi connectivity index (χ1n) is 17.1. The van der Waals surface area contributed by atoms with Gasteiger partial charge in [-0.25, -0.2) is 9.59 Å². The fourth-order valence-corrected chi connectivity index (χ4v) is 8.02. The van der Waals surface area contributed by atoms with Gasteiger partial charge in [-0.2, -0.15) is 0 Å². The van der Waals surface area contributed by atoms with Crippen LogP contribution in [0, 0.1) is 10.8 Å². The number of alkyl carbamates (subject to hydrolysis) is 1. The van der Waals surface area contributed by atoms with E-state index in [1.165, 1.54) is 14.2 Å². The summed E-state index contributed by atoms with van der Waals surface area (Å²) in [4.78, 5) is 51.2. The Morgan fingerprint density at radius 3 is 1.49 bits per heavy atom. The van der Waals surface area contributed by atoms with Gasteiger partial charge in [0.05, 0.1) is 25.0 Å². The second kappa shape index (κ2) is 13.7. The fourth-order valence-electron chi connectivity index (χ4n) is 8.02. The van der Waals surface area contributed by atoms with Crippen molar-refractivity contribution in [2.24, 2.45) is 10.8 Å². The van der Waals surface area contributed by atoms with E-state index in [4.69, 9.17) is 18.9 Å². The molecule has 262 valence electrons. The number of esters is 2. The standard InChI is InChI=1S/C22H31NO4.C15H25NO4/c1-20(2,3)27-19(25)23(16-17-8-6-5-7-9-17)22-13-10-21(11-14-22,12-15-22)18(24)26-4;1-13(2,3)20-12(18)16-15-8-5-14(6-9-15,7-10-15)11(17)19-4/h5-9H,10-16H2,1-4H3;5-10H2,1-4H3,(H,16,18). The molecule has 1 aromatic rings. The van der Waals surface area contributed by atoms with Gasteiger partial charge in [-0.05, 0) is 124 Å². The summed E-state index contributed by atoms with van der Waals surface area (Å²) in [5, 5.41) is 3.04. The molecule has 0 spiro atoms. The number of carbonyl (C=O) groups excluding carboxylic acids is 4. The van der Waals surface area contributed by atoms with Gasteiger partial charge in [0, 0.05) is 17.6 Å². The van der Waals surface area contributed by atoms with Crippen LogP contribution in [0.25, 0.3) is 0 Å². The molecule has 6 aliphatic carbocycles. The fraction of sp³-hybridized carbons (Fsp3) is 0.730. The number of rotatable bonds is 6. The molecule has 0 unspecified atom stereocenters. The minimum absolute atomic E-state index is 0.0944. The van der Waals surface area contributed by atoms with E-state index in [-0.39, 0.29) is 46.0 Å². The van der Waals surface area contributed by atoms with Crippen molar-refractivity contribution in [3.63, 3.8) is 0 Å². The highest BCUT2D eigenvalue weighted by Crippen LogP contribution is 2.56. The van der Waals surface area contributed by atoms with Crippen molar-refractivity contribution in [3.05, 3.63) is 35.9 Å². The summed E-state index contributed by atoms with van der Waals surface area (Å²) in [6.07, 6.45) is 8.96. The Morgan fingerprint density at radius 2 is 1.09 bits per heavy atom. The van der Waals surface area contributed by atoms with E-state index in [1.807, 2.05) is 76.8 Å². The molecular weight excluding hydrogens is 600 g/mol. The smallest absolute Gasteiger partial charge is 0.411 e. The summed E-state index contributed by atoms with van der Waals surface area (Å²) in [7, 11) is 2.92. The van der Waals surface area contributed by atoms with Gasteiger partial charge in [0.2, 0.25) is 0 Å². The number of benzene rings is 1. The quantitative estimate of drug-likeness (QED) is 0.247. The lowest BCUT2D eigenvalue weighted by Crippen LogP contribution is -2.60. The largest absolute Gasteiger partial charge is 0.469 e. The van der Waals surface area contributed by atoms with E-state index < -0.39 is 11.2 Å². The first kappa shape index (κ1) is 36.5. The third kappa shape index (κ3) is 8.41. The number of ether oxygens (including phenoxy) is 4. The van der Waals surface area contributed by atoms with E-state index in [1.54, 1.807) is 0 Å². The predicted molar refractivity (Wildman–Crippen MR) is 177 cm³/mol. The van der Waals surface area contributed by atoms with Crippen molar-refractivity contribution in [1.82, 2.24) is 10.2 Å². The molecule has 0 saturated heterocycles. The minimum Gasteiger partial charge on any atom is -0.469 e. The highest BCUT2D eigenvalue weighted by atomic mass is 16.6. The Labute approximate surface area is 280 Å². The van der Waals surface area contributed by atoms with Gasteiger partial charge < -0.3 is 24.3 Å². The Kier molecular flexibility index (Phi) is 10.6.